The molecule has 0 amide bonds. The molecule has 1 fully saturated rings. The summed E-state index contributed by atoms with van der Waals surface area (Å²) in [5.41, 5.74) is 2.14. The van der Waals surface area contributed by atoms with E-state index in [1.54, 1.807) is 7.11 Å². The molecule has 2 heterocycles. The molecule has 2 N–H and O–H groups in total. The van der Waals surface area contributed by atoms with Gasteiger partial charge in [0.25, 0.3) is 0 Å². The van der Waals surface area contributed by atoms with Crippen molar-refractivity contribution in [3.8, 4) is 5.75 Å². The highest BCUT2D eigenvalue weighted by Gasteiger charge is 2.17. The van der Waals surface area contributed by atoms with Gasteiger partial charge in [0.2, 0.25) is 0 Å². The van der Waals surface area contributed by atoms with E-state index in [1.807, 2.05) is 12.1 Å². The second kappa shape index (κ2) is 4.37. The summed E-state index contributed by atoms with van der Waals surface area (Å²) >= 11 is 0. The van der Waals surface area contributed by atoms with Crippen LogP contribution in [0.5, 0.6) is 5.75 Å². The molecule has 90 valence electrons. The van der Waals surface area contributed by atoms with Gasteiger partial charge < -0.3 is 10.1 Å². The van der Waals surface area contributed by atoms with Crippen LogP contribution in [0.2, 0.25) is 0 Å². The van der Waals surface area contributed by atoms with Gasteiger partial charge in [-0.15, -0.1) is 0 Å². The van der Waals surface area contributed by atoms with E-state index in [9.17, 15) is 0 Å². The minimum Gasteiger partial charge on any atom is -0.494 e. The molecule has 0 saturated carbocycles. The van der Waals surface area contributed by atoms with Gasteiger partial charge in [-0.25, -0.2) is 0 Å². The monoisotopic (exact) mass is 231 g/mol. The van der Waals surface area contributed by atoms with Gasteiger partial charge >= 0.3 is 0 Å². The van der Waals surface area contributed by atoms with Gasteiger partial charge in [0.05, 0.1) is 7.11 Å². The Hall–Kier alpha value is -1.55. The topological polar surface area (TPSA) is 49.9 Å². The fraction of sp³-hybridized carbons (Fsp3) is 0.462. The number of aromatic nitrogens is 2. The smallest absolute Gasteiger partial charge is 0.146 e. The zero-order valence-electron chi connectivity index (χ0n) is 9.99. The van der Waals surface area contributed by atoms with Crippen molar-refractivity contribution in [1.29, 1.82) is 0 Å². The lowest BCUT2D eigenvalue weighted by molar-refractivity contribution is 0.419. The molecule has 1 unspecified atom stereocenters. The maximum absolute atomic E-state index is 5.31. The molecule has 2 aromatic rings. The summed E-state index contributed by atoms with van der Waals surface area (Å²) in [5.74, 6) is 0.837. The van der Waals surface area contributed by atoms with Crippen molar-refractivity contribution in [2.24, 2.45) is 0 Å². The fourth-order valence-corrected chi connectivity index (χ4v) is 2.56. The number of hydrogen-bond donors (Lipinski definition) is 2. The summed E-state index contributed by atoms with van der Waals surface area (Å²) in [6, 6.07) is 6.65. The molecule has 0 radical (unpaired) electrons. The van der Waals surface area contributed by atoms with Crippen molar-refractivity contribution in [1.82, 2.24) is 15.5 Å². The normalized spacial score (nSPS) is 19.9. The summed E-state index contributed by atoms with van der Waals surface area (Å²) in [6.07, 6.45) is 3.55. The van der Waals surface area contributed by atoms with Gasteiger partial charge in [0, 0.05) is 23.5 Å². The van der Waals surface area contributed by atoms with Crippen LogP contribution in [0.3, 0.4) is 0 Å². The third-order valence-electron chi connectivity index (χ3n) is 3.46. The van der Waals surface area contributed by atoms with Crippen LogP contribution in [0, 0.1) is 0 Å². The first-order valence-corrected chi connectivity index (χ1v) is 6.12. The first-order chi connectivity index (χ1) is 8.38. The lowest BCUT2D eigenvalue weighted by Crippen LogP contribution is -2.23. The number of rotatable bonds is 3. The standard InChI is InChI=1S/C13H17N3O/c1-17-12-6-2-5-10-11(15-16-13(10)12)8-9-4-3-7-14-9/h2,5-6,9,14H,3-4,7-8H2,1H3,(H,15,16). The van der Waals surface area contributed by atoms with Gasteiger partial charge in [-0.3, -0.25) is 5.10 Å². The minimum atomic E-state index is 0.588. The number of H-pyrrole nitrogens is 1. The second-order valence-electron chi connectivity index (χ2n) is 4.56. The number of aromatic amines is 1. The Morgan fingerprint density at radius 1 is 1.47 bits per heavy atom. The molecule has 1 aromatic heterocycles. The Kier molecular flexibility index (Phi) is 2.73. The van der Waals surface area contributed by atoms with Crippen LogP contribution in [0.25, 0.3) is 10.9 Å². The summed E-state index contributed by atoms with van der Waals surface area (Å²) in [4.78, 5) is 0. The van der Waals surface area contributed by atoms with E-state index >= 15 is 0 Å². The van der Waals surface area contributed by atoms with Crippen molar-refractivity contribution in [3.63, 3.8) is 0 Å². The average molecular weight is 231 g/mol. The molecule has 4 nitrogen and oxygen atoms in total. The molecule has 3 rings (SSSR count). The highest BCUT2D eigenvalue weighted by atomic mass is 16.5. The lowest BCUT2D eigenvalue weighted by Gasteiger charge is -2.08. The van der Waals surface area contributed by atoms with Crippen molar-refractivity contribution in [2.45, 2.75) is 25.3 Å². The molecule has 1 aromatic carbocycles. The molecular weight excluding hydrogens is 214 g/mol. The molecule has 0 bridgehead atoms. The highest BCUT2D eigenvalue weighted by Crippen LogP contribution is 2.26. The van der Waals surface area contributed by atoms with Crippen LogP contribution in [-0.2, 0) is 6.42 Å². The number of ether oxygens (including phenoxy) is 1. The van der Waals surface area contributed by atoms with Crippen molar-refractivity contribution >= 4 is 10.9 Å². The molecule has 1 aliphatic heterocycles. The van der Waals surface area contributed by atoms with Crippen molar-refractivity contribution in [2.75, 3.05) is 13.7 Å². The van der Waals surface area contributed by atoms with Gasteiger partial charge in [0.15, 0.2) is 0 Å². The Morgan fingerprint density at radius 2 is 2.41 bits per heavy atom. The predicted octanol–water partition coefficient (Wildman–Crippen LogP) is 1.87. The third kappa shape index (κ3) is 1.89. The highest BCUT2D eigenvalue weighted by molar-refractivity contribution is 5.86. The third-order valence-corrected chi connectivity index (χ3v) is 3.46. The van der Waals surface area contributed by atoms with Crippen LogP contribution in [0.15, 0.2) is 18.2 Å². The average Bonchev–Trinajstić information content (AvgIpc) is 2.99. The summed E-state index contributed by atoms with van der Waals surface area (Å²) in [6.45, 7) is 1.14. The second-order valence-corrected chi connectivity index (χ2v) is 4.56. The van der Waals surface area contributed by atoms with Crippen LogP contribution >= 0.6 is 0 Å². The molecule has 0 aliphatic carbocycles. The van der Waals surface area contributed by atoms with Crippen LogP contribution in [0.4, 0.5) is 0 Å². The first-order valence-electron chi connectivity index (χ1n) is 6.12. The van der Waals surface area contributed by atoms with Gasteiger partial charge in [-0.1, -0.05) is 12.1 Å². The van der Waals surface area contributed by atoms with E-state index in [0.717, 1.165) is 24.2 Å². The van der Waals surface area contributed by atoms with Crippen LogP contribution in [0.1, 0.15) is 18.5 Å². The molecule has 1 aliphatic rings. The number of hydrogen-bond acceptors (Lipinski definition) is 3. The van der Waals surface area contributed by atoms with E-state index in [-0.39, 0.29) is 0 Å². The molecular formula is C13H17N3O. The number of para-hydroxylation sites is 1. The number of benzene rings is 1. The zero-order chi connectivity index (χ0) is 11.7. The number of fused-ring (bicyclic) bond motifs is 1. The maximum Gasteiger partial charge on any atom is 0.146 e. The first kappa shape index (κ1) is 10.6. The van der Waals surface area contributed by atoms with E-state index in [0.29, 0.717) is 6.04 Å². The largest absolute Gasteiger partial charge is 0.494 e. The maximum atomic E-state index is 5.31. The molecule has 0 spiro atoms. The zero-order valence-corrected chi connectivity index (χ0v) is 9.99. The fourth-order valence-electron chi connectivity index (χ4n) is 2.56. The van der Waals surface area contributed by atoms with Crippen molar-refractivity contribution < 1.29 is 4.74 Å². The number of nitrogens with zero attached hydrogens (tertiary/aromatic N) is 1. The molecule has 1 saturated heterocycles. The van der Waals surface area contributed by atoms with E-state index < -0.39 is 0 Å². The Balaban J connectivity index is 1.94. The van der Waals surface area contributed by atoms with Gasteiger partial charge in [0.1, 0.15) is 11.3 Å². The SMILES string of the molecule is COc1cccc2c(CC3CCCN3)[nH]nc12. The Bertz CT molecular complexity index is 514. The molecule has 1 atom stereocenters. The predicted molar refractivity (Wildman–Crippen MR) is 67.4 cm³/mol. The van der Waals surface area contributed by atoms with Crippen LogP contribution in [-0.4, -0.2) is 29.9 Å². The van der Waals surface area contributed by atoms with E-state index in [1.165, 1.54) is 23.9 Å². The summed E-state index contributed by atoms with van der Waals surface area (Å²) in [5, 5.41) is 12.2. The number of methoxy groups -OCH3 is 1. The van der Waals surface area contributed by atoms with Crippen molar-refractivity contribution in [3.05, 3.63) is 23.9 Å². The quantitative estimate of drug-likeness (QED) is 0.847. The molecule has 4 heteroatoms. The van der Waals surface area contributed by atoms with E-state index in [4.69, 9.17) is 4.74 Å². The Labute approximate surface area is 100 Å². The van der Waals surface area contributed by atoms with Gasteiger partial charge in [-0.05, 0) is 25.5 Å². The Morgan fingerprint density at radius 3 is 3.18 bits per heavy atom. The van der Waals surface area contributed by atoms with Gasteiger partial charge in [-0.2, -0.15) is 5.10 Å². The minimum absolute atomic E-state index is 0.588. The van der Waals surface area contributed by atoms with E-state index in [2.05, 4.69) is 21.6 Å². The summed E-state index contributed by atoms with van der Waals surface area (Å²) in [7, 11) is 1.68. The summed E-state index contributed by atoms with van der Waals surface area (Å²) < 4.78 is 5.31. The van der Waals surface area contributed by atoms with Crippen LogP contribution < -0.4 is 10.1 Å². The molecule has 17 heavy (non-hydrogen) atoms. The number of nitrogens with one attached hydrogen (secondary N) is 2. The lowest BCUT2D eigenvalue weighted by atomic mass is 10.1.